The van der Waals surface area contributed by atoms with Crippen LogP contribution in [0.5, 0.6) is 5.75 Å². The van der Waals surface area contributed by atoms with Gasteiger partial charge in [0.25, 0.3) is 0 Å². The molecule has 1 atom stereocenters. The summed E-state index contributed by atoms with van der Waals surface area (Å²) in [6.07, 6.45) is 5.63. The van der Waals surface area contributed by atoms with Crippen LogP contribution in [-0.2, 0) is 11.2 Å². The number of rotatable bonds is 8. The molecule has 0 bridgehead atoms. The fraction of sp³-hybridized carbons (Fsp3) is 0.217. The van der Waals surface area contributed by atoms with E-state index in [1.807, 2.05) is 60.2 Å². The second kappa shape index (κ2) is 9.19. The maximum atomic E-state index is 13.8. The number of nitrogens with two attached hydrogens (primary N) is 1. The lowest BCUT2D eigenvalue weighted by Gasteiger charge is -2.16. The molecule has 0 aliphatic rings. The molecule has 0 saturated heterocycles. The minimum atomic E-state index is -0.673. The van der Waals surface area contributed by atoms with Crippen LogP contribution in [0.2, 0.25) is 0 Å². The second-order valence-electron chi connectivity index (χ2n) is 6.86. The van der Waals surface area contributed by atoms with Crippen molar-refractivity contribution in [2.45, 2.75) is 13.3 Å². The summed E-state index contributed by atoms with van der Waals surface area (Å²) in [6, 6.07) is 15.0. The van der Waals surface area contributed by atoms with Crippen molar-refractivity contribution in [2.75, 3.05) is 13.8 Å². The molecule has 0 saturated carbocycles. The molecule has 1 aromatic heterocycles. The van der Waals surface area contributed by atoms with Gasteiger partial charge in [0.05, 0.1) is 31.5 Å². The van der Waals surface area contributed by atoms with Gasteiger partial charge in [0.15, 0.2) is 0 Å². The summed E-state index contributed by atoms with van der Waals surface area (Å²) in [4.78, 5) is 16.3. The number of hydrogen-bond donors (Lipinski definition) is 1. The average molecular weight is 393 g/mol. The van der Waals surface area contributed by atoms with Gasteiger partial charge in [-0.2, -0.15) is 0 Å². The predicted molar refractivity (Wildman–Crippen MR) is 112 cm³/mol. The van der Waals surface area contributed by atoms with Crippen molar-refractivity contribution in [1.29, 1.82) is 0 Å². The second-order valence-corrected chi connectivity index (χ2v) is 6.86. The van der Waals surface area contributed by atoms with Crippen LogP contribution in [0, 0.1) is 12.8 Å². The summed E-state index contributed by atoms with van der Waals surface area (Å²) < 4.78 is 21.2. The number of amides is 1. The van der Waals surface area contributed by atoms with Crippen molar-refractivity contribution in [3.8, 4) is 11.4 Å². The highest BCUT2D eigenvalue weighted by Crippen LogP contribution is 2.27. The average Bonchev–Trinajstić information content (AvgIpc) is 3.17. The van der Waals surface area contributed by atoms with Crippen LogP contribution in [0.1, 0.15) is 16.8 Å². The van der Waals surface area contributed by atoms with Gasteiger partial charge in [0.2, 0.25) is 5.91 Å². The molecule has 3 aromatic rings. The first kappa shape index (κ1) is 20.3. The molecule has 2 aromatic carbocycles. The first-order valence-corrected chi connectivity index (χ1v) is 9.32. The summed E-state index contributed by atoms with van der Waals surface area (Å²) in [5.41, 5.74) is 9.21. The lowest BCUT2D eigenvalue weighted by molar-refractivity contribution is -0.115. The zero-order valence-electron chi connectivity index (χ0n) is 16.5. The van der Waals surface area contributed by atoms with Gasteiger partial charge < -0.3 is 15.0 Å². The minimum absolute atomic E-state index is 0.254. The van der Waals surface area contributed by atoms with Crippen LogP contribution in [0.15, 0.2) is 66.6 Å². The summed E-state index contributed by atoms with van der Waals surface area (Å²) in [5, 5.41) is 0. The Morgan fingerprint density at radius 3 is 2.62 bits per heavy atom. The van der Waals surface area contributed by atoms with Gasteiger partial charge in [-0.05, 0) is 42.7 Å². The molecule has 5 nitrogen and oxygen atoms in total. The van der Waals surface area contributed by atoms with Crippen LogP contribution in [0.4, 0.5) is 4.39 Å². The van der Waals surface area contributed by atoms with Crippen molar-refractivity contribution >= 4 is 12.0 Å². The molecule has 6 heteroatoms. The number of carbonyl (C=O) groups is 1. The lowest BCUT2D eigenvalue weighted by Crippen LogP contribution is -2.23. The fourth-order valence-corrected chi connectivity index (χ4v) is 3.27. The SMILES string of the molecule is COc1cc(C=C(C(N)=O)[C@H](CF)Cc2ccccc2)ccc1-n1cnc(C)c1. The number of primary amides is 1. The molecule has 3 rings (SSSR count). The number of ether oxygens (including phenoxy) is 1. The molecular formula is C23H24FN3O2. The highest BCUT2D eigenvalue weighted by atomic mass is 19.1. The molecule has 0 aliphatic carbocycles. The first-order chi connectivity index (χ1) is 14.0. The molecule has 0 unspecified atom stereocenters. The van der Waals surface area contributed by atoms with Crippen molar-refractivity contribution in [2.24, 2.45) is 11.7 Å². The molecule has 0 aliphatic heterocycles. The lowest BCUT2D eigenvalue weighted by atomic mass is 9.91. The maximum Gasteiger partial charge on any atom is 0.245 e. The number of imidazole rings is 1. The largest absolute Gasteiger partial charge is 0.495 e. The van der Waals surface area contributed by atoms with Crippen LogP contribution in [0.25, 0.3) is 11.8 Å². The van der Waals surface area contributed by atoms with Crippen LogP contribution in [-0.4, -0.2) is 29.2 Å². The van der Waals surface area contributed by atoms with Crippen molar-refractivity contribution < 1.29 is 13.9 Å². The normalized spacial score (nSPS) is 12.6. The summed E-state index contributed by atoms with van der Waals surface area (Å²) in [7, 11) is 1.57. The van der Waals surface area contributed by atoms with Crippen molar-refractivity contribution in [3.63, 3.8) is 0 Å². The highest BCUT2D eigenvalue weighted by Gasteiger charge is 2.20. The van der Waals surface area contributed by atoms with E-state index in [-0.39, 0.29) is 5.57 Å². The Balaban J connectivity index is 1.94. The Hall–Kier alpha value is -3.41. The summed E-state index contributed by atoms with van der Waals surface area (Å²) >= 11 is 0. The van der Waals surface area contributed by atoms with Crippen LogP contribution >= 0.6 is 0 Å². The number of hydrogen-bond acceptors (Lipinski definition) is 3. The van der Waals surface area contributed by atoms with E-state index in [0.717, 1.165) is 16.9 Å². The summed E-state index contributed by atoms with van der Waals surface area (Å²) in [5.74, 6) is -0.631. The van der Waals surface area contributed by atoms with Crippen LogP contribution < -0.4 is 10.5 Å². The summed E-state index contributed by atoms with van der Waals surface area (Å²) in [6.45, 7) is 1.23. The van der Waals surface area contributed by atoms with E-state index in [1.165, 1.54) is 0 Å². The van der Waals surface area contributed by atoms with E-state index in [2.05, 4.69) is 4.98 Å². The third-order valence-corrected chi connectivity index (χ3v) is 4.75. The van der Waals surface area contributed by atoms with E-state index in [1.54, 1.807) is 25.6 Å². The standard InChI is InChI=1S/C23H24FN3O2/c1-16-14-27(15-26-16)21-9-8-18(12-22(21)29-2)11-20(23(25)28)19(13-24)10-17-6-4-3-5-7-17/h3-9,11-12,14-15,19H,10,13H2,1-2H3,(H2,25,28)/t19-/m0/s1. The third kappa shape index (κ3) is 4.90. The Morgan fingerprint density at radius 1 is 1.28 bits per heavy atom. The molecule has 0 spiro atoms. The van der Waals surface area contributed by atoms with Gasteiger partial charge in [0, 0.05) is 17.7 Å². The number of methoxy groups -OCH3 is 1. The molecule has 29 heavy (non-hydrogen) atoms. The topological polar surface area (TPSA) is 70.1 Å². The third-order valence-electron chi connectivity index (χ3n) is 4.75. The number of halogens is 1. The Labute approximate surface area is 169 Å². The van der Waals surface area contributed by atoms with Gasteiger partial charge in [-0.1, -0.05) is 36.4 Å². The Morgan fingerprint density at radius 2 is 2.03 bits per heavy atom. The van der Waals surface area contributed by atoms with E-state index < -0.39 is 18.5 Å². The molecule has 150 valence electrons. The monoisotopic (exact) mass is 393 g/mol. The number of alkyl halides is 1. The maximum absolute atomic E-state index is 13.8. The minimum Gasteiger partial charge on any atom is -0.495 e. The Kier molecular flexibility index (Phi) is 6.44. The number of aryl methyl sites for hydroxylation is 1. The fourth-order valence-electron chi connectivity index (χ4n) is 3.27. The van der Waals surface area contributed by atoms with E-state index in [0.29, 0.717) is 17.7 Å². The van der Waals surface area contributed by atoms with E-state index in [4.69, 9.17) is 10.5 Å². The molecule has 1 heterocycles. The zero-order chi connectivity index (χ0) is 20.8. The van der Waals surface area contributed by atoms with Gasteiger partial charge in [0.1, 0.15) is 5.75 Å². The molecule has 0 radical (unpaired) electrons. The molecule has 1 amide bonds. The number of carbonyl (C=O) groups excluding carboxylic acids is 1. The number of nitrogens with zero attached hydrogens (tertiary/aromatic N) is 2. The van der Waals surface area contributed by atoms with Crippen molar-refractivity contribution in [3.05, 3.63) is 83.4 Å². The zero-order valence-corrected chi connectivity index (χ0v) is 16.5. The first-order valence-electron chi connectivity index (χ1n) is 9.32. The Bertz CT molecular complexity index is 1010. The van der Waals surface area contributed by atoms with Gasteiger partial charge in [-0.3, -0.25) is 9.18 Å². The molecular weight excluding hydrogens is 369 g/mol. The van der Waals surface area contributed by atoms with Gasteiger partial charge in [-0.15, -0.1) is 0 Å². The van der Waals surface area contributed by atoms with Crippen LogP contribution in [0.3, 0.4) is 0 Å². The highest BCUT2D eigenvalue weighted by molar-refractivity contribution is 5.97. The smallest absolute Gasteiger partial charge is 0.245 e. The number of aromatic nitrogens is 2. The van der Waals surface area contributed by atoms with Gasteiger partial charge >= 0.3 is 0 Å². The van der Waals surface area contributed by atoms with Gasteiger partial charge in [-0.25, -0.2) is 4.98 Å². The predicted octanol–water partition coefficient (Wildman–Crippen LogP) is 3.89. The number of benzene rings is 2. The molecule has 2 N–H and O–H groups in total. The quantitative estimate of drug-likeness (QED) is 0.591. The van der Waals surface area contributed by atoms with Crippen molar-refractivity contribution in [1.82, 2.24) is 9.55 Å². The van der Waals surface area contributed by atoms with E-state index >= 15 is 0 Å². The van der Waals surface area contributed by atoms with E-state index in [9.17, 15) is 9.18 Å². The molecule has 0 fully saturated rings.